The van der Waals surface area contributed by atoms with Crippen LogP contribution in [-0.4, -0.2) is 13.1 Å². The van der Waals surface area contributed by atoms with Crippen LogP contribution in [0.3, 0.4) is 0 Å². The summed E-state index contributed by atoms with van der Waals surface area (Å²) in [5.41, 5.74) is 2.59. The van der Waals surface area contributed by atoms with Crippen LogP contribution in [0.1, 0.15) is 19.3 Å². The predicted octanol–water partition coefficient (Wildman–Crippen LogP) is 4.10. The van der Waals surface area contributed by atoms with E-state index in [1.54, 1.807) is 18.6 Å². The smallest absolute Gasteiger partial charge is 0.204 e. The molecule has 4 heterocycles. The maximum Gasteiger partial charge on any atom is 0.204 e. The van der Waals surface area contributed by atoms with E-state index in [0.717, 1.165) is 37.1 Å². The lowest BCUT2D eigenvalue weighted by atomic mass is 10.1. The Balaban J connectivity index is 1.87. The fourth-order valence-corrected chi connectivity index (χ4v) is 3.73. The lowest BCUT2D eigenvalue weighted by Gasteiger charge is -2.26. The van der Waals surface area contributed by atoms with Gasteiger partial charge in [-0.2, -0.15) is 0 Å². The van der Waals surface area contributed by atoms with E-state index in [9.17, 15) is 4.79 Å². The molecule has 0 N–H and O–H groups in total. The second kappa shape index (κ2) is 5.07. The van der Waals surface area contributed by atoms with Crippen LogP contribution in [-0.2, 0) is 0 Å². The van der Waals surface area contributed by atoms with E-state index in [1.807, 2.05) is 11.4 Å². The van der Waals surface area contributed by atoms with Crippen molar-refractivity contribution in [2.75, 3.05) is 18.0 Å². The topological polar surface area (TPSA) is 46.6 Å². The summed E-state index contributed by atoms with van der Waals surface area (Å²) in [7, 11) is 0. The quantitative estimate of drug-likeness (QED) is 0.715. The molecule has 4 rings (SSSR count). The number of fused-ring (bicyclic) bond motifs is 1. The zero-order valence-electron chi connectivity index (χ0n) is 11.5. The van der Waals surface area contributed by atoms with Crippen molar-refractivity contribution in [3.05, 3.63) is 40.3 Å². The number of piperidine rings is 1. The van der Waals surface area contributed by atoms with Gasteiger partial charge < -0.3 is 13.7 Å². The van der Waals surface area contributed by atoms with Crippen LogP contribution >= 0.6 is 11.3 Å². The maximum atomic E-state index is 12.3. The normalized spacial score (nSPS) is 15.7. The van der Waals surface area contributed by atoms with E-state index < -0.39 is 0 Å². The minimum atomic E-state index is 0.0385. The summed E-state index contributed by atoms with van der Waals surface area (Å²) in [6.07, 6.45) is 6.86. The number of hydrogen-bond acceptors (Lipinski definition) is 5. The third kappa shape index (κ3) is 2.17. The molecule has 0 aromatic carbocycles. The fourth-order valence-electron chi connectivity index (χ4n) is 2.82. The van der Waals surface area contributed by atoms with Crippen molar-refractivity contribution in [3.8, 4) is 11.1 Å². The average molecular weight is 301 g/mol. The first-order valence-corrected chi connectivity index (χ1v) is 8.04. The highest BCUT2D eigenvalue weighted by molar-refractivity contribution is 7.17. The molecule has 3 aromatic heterocycles. The molecule has 0 atom stereocenters. The molecule has 0 saturated carbocycles. The molecule has 1 saturated heterocycles. The third-order valence-electron chi connectivity index (χ3n) is 3.93. The van der Waals surface area contributed by atoms with Crippen LogP contribution in [0.25, 0.3) is 21.4 Å². The minimum Gasteiger partial charge on any atom is -0.472 e. The van der Waals surface area contributed by atoms with Crippen molar-refractivity contribution in [2.24, 2.45) is 0 Å². The zero-order chi connectivity index (χ0) is 14.2. The number of rotatable bonds is 2. The van der Waals surface area contributed by atoms with Gasteiger partial charge in [0.1, 0.15) is 4.70 Å². The number of anilines is 1. The van der Waals surface area contributed by atoms with Crippen LogP contribution in [0, 0.1) is 0 Å². The summed E-state index contributed by atoms with van der Waals surface area (Å²) in [6.45, 7) is 1.92. The molecule has 0 unspecified atom stereocenters. The Morgan fingerprint density at radius 3 is 2.81 bits per heavy atom. The lowest BCUT2D eigenvalue weighted by molar-refractivity contribution is 0.513. The largest absolute Gasteiger partial charge is 0.472 e. The van der Waals surface area contributed by atoms with Crippen molar-refractivity contribution in [1.29, 1.82) is 0 Å². The zero-order valence-corrected chi connectivity index (χ0v) is 12.3. The second-order valence-electron chi connectivity index (χ2n) is 5.32. The van der Waals surface area contributed by atoms with Gasteiger partial charge in [0.25, 0.3) is 0 Å². The van der Waals surface area contributed by atoms with Gasteiger partial charge in [-0.15, -0.1) is 11.3 Å². The number of hydrogen-bond donors (Lipinski definition) is 0. The van der Waals surface area contributed by atoms with Crippen molar-refractivity contribution in [1.82, 2.24) is 0 Å². The van der Waals surface area contributed by atoms with E-state index in [-0.39, 0.29) is 5.43 Å². The highest BCUT2D eigenvalue weighted by Gasteiger charge is 2.18. The third-order valence-corrected chi connectivity index (χ3v) is 4.91. The monoisotopic (exact) mass is 301 g/mol. The standard InChI is InChI=1S/C16H15NO3S/c18-13-8-14(17-5-2-1-3-6-17)20-15-12(10-21-16(13)15)11-4-7-19-9-11/h4,7-10H,1-3,5-6H2. The first-order chi connectivity index (χ1) is 10.3. The van der Waals surface area contributed by atoms with E-state index in [1.165, 1.54) is 17.8 Å². The molecular formula is C16H15NO3S. The molecule has 1 aliphatic heterocycles. The Labute approximate surface area is 125 Å². The van der Waals surface area contributed by atoms with Gasteiger partial charge in [0.2, 0.25) is 5.43 Å². The Hall–Kier alpha value is -2.01. The summed E-state index contributed by atoms with van der Waals surface area (Å²) < 4.78 is 11.9. The molecular weight excluding hydrogens is 286 g/mol. The SMILES string of the molecule is O=c1cc(N2CCCCC2)oc2c(-c3ccoc3)csc12. The molecule has 0 radical (unpaired) electrons. The van der Waals surface area contributed by atoms with E-state index in [4.69, 9.17) is 8.83 Å². The van der Waals surface area contributed by atoms with Gasteiger partial charge in [0, 0.05) is 35.7 Å². The summed E-state index contributed by atoms with van der Waals surface area (Å²) in [5.74, 6) is 0.690. The van der Waals surface area contributed by atoms with E-state index in [0.29, 0.717) is 16.2 Å². The van der Waals surface area contributed by atoms with Gasteiger partial charge in [-0.1, -0.05) is 0 Å². The first-order valence-electron chi connectivity index (χ1n) is 7.16. The Morgan fingerprint density at radius 2 is 2.05 bits per heavy atom. The molecule has 1 fully saturated rings. The van der Waals surface area contributed by atoms with Crippen molar-refractivity contribution < 1.29 is 8.83 Å². The Bertz CT molecular complexity index is 810. The van der Waals surface area contributed by atoms with Gasteiger partial charge >= 0.3 is 0 Å². The van der Waals surface area contributed by atoms with Gasteiger partial charge in [0.05, 0.1) is 12.5 Å². The summed E-state index contributed by atoms with van der Waals surface area (Å²) in [4.78, 5) is 14.5. The second-order valence-corrected chi connectivity index (χ2v) is 6.20. The van der Waals surface area contributed by atoms with E-state index in [2.05, 4.69) is 4.90 Å². The minimum absolute atomic E-state index is 0.0385. The van der Waals surface area contributed by atoms with Crippen molar-refractivity contribution in [2.45, 2.75) is 19.3 Å². The molecule has 3 aromatic rings. The maximum absolute atomic E-state index is 12.3. The molecule has 4 nitrogen and oxygen atoms in total. The average Bonchev–Trinajstić information content (AvgIpc) is 3.16. The van der Waals surface area contributed by atoms with E-state index >= 15 is 0 Å². The number of thiophene rings is 1. The lowest BCUT2D eigenvalue weighted by Crippen LogP contribution is -2.29. The number of nitrogens with zero attached hydrogens (tertiary/aromatic N) is 1. The summed E-state index contributed by atoms with van der Waals surface area (Å²) >= 11 is 1.43. The van der Waals surface area contributed by atoms with Crippen LogP contribution in [0.4, 0.5) is 5.88 Å². The van der Waals surface area contributed by atoms with Crippen LogP contribution in [0.2, 0.25) is 0 Å². The highest BCUT2D eigenvalue weighted by atomic mass is 32.1. The first kappa shape index (κ1) is 12.7. The van der Waals surface area contributed by atoms with Gasteiger partial charge in [-0.05, 0) is 25.3 Å². The molecule has 5 heteroatoms. The fraction of sp³-hybridized carbons (Fsp3) is 0.312. The molecule has 108 valence electrons. The van der Waals surface area contributed by atoms with Crippen LogP contribution in [0.15, 0.2) is 43.7 Å². The Morgan fingerprint density at radius 1 is 1.19 bits per heavy atom. The summed E-state index contributed by atoms with van der Waals surface area (Å²) in [5, 5.41) is 1.96. The molecule has 0 bridgehead atoms. The molecule has 1 aliphatic rings. The van der Waals surface area contributed by atoms with Gasteiger partial charge in [-0.25, -0.2) is 0 Å². The molecule has 0 amide bonds. The van der Waals surface area contributed by atoms with Gasteiger partial charge in [0.15, 0.2) is 11.5 Å². The Kier molecular flexibility index (Phi) is 3.07. The van der Waals surface area contributed by atoms with Gasteiger partial charge in [-0.3, -0.25) is 4.79 Å². The predicted molar refractivity (Wildman–Crippen MR) is 84.1 cm³/mol. The van der Waals surface area contributed by atoms with Crippen LogP contribution < -0.4 is 10.3 Å². The molecule has 21 heavy (non-hydrogen) atoms. The summed E-state index contributed by atoms with van der Waals surface area (Å²) in [6, 6.07) is 3.51. The number of furan rings is 1. The van der Waals surface area contributed by atoms with Crippen molar-refractivity contribution >= 4 is 27.5 Å². The highest BCUT2D eigenvalue weighted by Crippen LogP contribution is 2.34. The van der Waals surface area contributed by atoms with Crippen LogP contribution in [0.5, 0.6) is 0 Å². The molecule has 0 spiro atoms. The molecule has 0 aliphatic carbocycles. The van der Waals surface area contributed by atoms with Crippen molar-refractivity contribution in [3.63, 3.8) is 0 Å².